The summed E-state index contributed by atoms with van der Waals surface area (Å²) in [6, 6.07) is -0.0692. The minimum absolute atomic E-state index is 0.0425. The highest BCUT2D eigenvalue weighted by Gasteiger charge is 2.35. The molecule has 3 heterocycles. The first kappa shape index (κ1) is 13.1. The molecule has 1 saturated heterocycles. The lowest BCUT2D eigenvalue weighted by Crippen LogP contribution is -2.32. The van der Waals surface area contributed by atoms with Crippen LogP contribution in [0.15, 0.2) is 16.4 Å². The predicted octanol–water partition coefficient (Wildman–Crippen LogP) is 2.16. The van der Waals surface area contributed by atoms with Gasteiger partial charge >= 0.3 is 0 Å². The average Bonchev–Trinajstić information content (AvgIpc) is 3.17. The number of hydrogen-bond donors (Lipinski definition) is 0. The Hall–Kier alpha value is -1.85. The number of rotatable bonds is 3. The molecular formula is C14H19N3O3. The van der Waals surface area contributed by atoms with E-state index in [1.807, 2.05) is 18.7 Å². The Balaban J connectivity index is 1.79. The lowest BCUT2D eigenvalue weighted by atomic mass is 10.1. The van der Waals surface area contributed by atoms with Gasteiger partial charge in [-0.15, -0.1) is 0 Å². The molecule has 0 bridgehead atoms. The molecule has 1 unspecified atom stereocenters. The predicted molar refractivity (Wildman–Crippen MR) is 70.7 cm³/mol. The molecule has 6 nitrogen and oxygen atoms in total. The van der Waals surface area contributed by atoms with Gasteiger partial charge in [0.1, 0.15) is 0 Å². The minimum atomic E-state index is -0.0692. The largest absolute Gasteiger partial charge is 0.500 e. The number of likely N-dealkylation sites (tertiary alicyclic amines) is 1. The number of ether oxygens (including phenoxy) is 1. The third-order valence-electron chi connectivity index (χ3n) is 3.75. The molecule has 2 aliphatic heterocycles. The summed E-state index contributed by atoms with van der Waals surface area (Å²) in [6.45, 7) is 5.36. The Morgan fingerprint density at radius 2 is 2.35 bits per heavy atom. The standard InChI is InChI=1S/C14H19N3O3/c1-9(2)13-15-12(16-20-13)11-4-3-6-17(11)14(18)10-5-7-19-8-10/h8-9,11H,3-7H2,1-2H3. The van der Waals surface area contributed by atoms with Crippen LogP contribution < -0.4 is 0 Å². The fourth-order valence-corrected chi connectivity index (χ4v) is 2.62. The molecule has 1 amide bonds. The molecule has 1 atom stereocenters. The molecule has 0 aromatic carbocycles. The second-order valence-corrected chi connectivity index (χ2v) is 5.57. The SMILES string of the molecule is CC(C)c1nc(C2CCCN2C(=O)C2=COCC2)no1. The fourth-order valence-electron chi connectivity index (χ4n) is 2.62. The van der Waals surface area contributed by atoms with Crippen molar-refractivity contribution in [2.75, 3.05) is 13.2 Å². The summed E-state index contributed by atoms with van der Waals surface area (Å²) in [5.74, 6) is 1.50. The van der Waals surface area contributed by atoms with Crippen molar-refractivity contribution in [1.82, 2.24) is 15.0 Å². The molecule has 0 aliphatic carbocycles. The minimum Gasteiger partial charge on any atom is -0.500 e. The van der Waals surface area contributed by atoms with E-state index in [1.54, 1.807) is 6.26 Å². The molecule has 1 aromatic heterocycles. The van der Waals surface area contributed by atoms with Crippen LogP contribution >= 0.6 is 0 Å². The highest BCUT2D eigenvalue weighted by atomic mass is 16.5. The zero-order valence-corrected chi connectivity index (χ0v) is 11.8. The molecule has 0 radical (unpaired) electrons. The number of amides is 1. The van der Waals surface area contributed by atoms with Crippen LogP contribution in [0, 0.1) is 0 Å². The van der Waals surface area contributed by atoms with Crippen molar-refractivity contribution in [3.63, 3.8) is 0 Å². The molecule has 0 saturated carbocycles. The molecule has 1 fully saturated rings. The summed E-state index contributed by atoms with van der Waals surface area (Å²) in [5, 5.41) is 4.05. The van der Waals surface area contributed by atoms with Crippen molar-refractivity contribution in [3.8, 4) is 0 Å². The monoisotopic (exact) mass is 277 g/mol. The van der Waals surface area contributed by atoms with Gasteiger partial charge in [-0.25, -0.2) is 0 Å². The van der Waals surface area contributed by atoms with E-state index in [-0.39, 0.29) is 17.9 Å². The summed E-state index contributed by atoms with van der Waals surface area (Å²) in [4.78, 5) is 18.7. The summed E-state index contributed by atoms with van der Waals surface area (Å²) >= 11 is 0. The van der Waals surface area contributed by atoms with Crippen LogP contribution in [0.5, 0.6) is 0 Å². The maximum atomic E-state index is 12.5. The van der Waals surface area contributed by atoms with E-state index in [2.05, 4.69) is 10.1 Å². The van der Waals surface area contributed by atoms with Gasteiger partial charge in [0.25, 0.3) is 5.91 Å². The molecule has 0 spiro atoms. The Bertz CT molecular complexity index is 536. The normalized spacial score (nSPS) is 22.2. The van der Waals surface area contributed by atoms with Gasteiger partial charge in [0.15, 0.2) is 5.82 Å². The molecule has 2 aliphatic rings. The van der Waals surface area contributed by atoms with Gasteiger partial charge in [-0.1, -0.05) is 19.0 Å². The highest BCUT2D eigenvalue weighted by molar-refractivity contribution is 5.93. The van der Waals surface area contributed by atoms with Crippen LogP contribution in [0.3, 0.4) is 0 Å². The second kappa shape index (κ2) is 5.26. The van der Waals surface area contributed by atoms with Crippen molar-refractivity contribution in [2.45, 2.75) is 45.1 Å². The smallest absolute Gasteiger partial charge is 0.253 e. The van der Waals surface area contributed by atoms with Gasteiger partial charge in [-0.3, -0.25) is 4.79 Å². The first-order chi connectivity index (χ1) is 9.66. The average molecular weight is 277 g/mol. The van der Waals surface area contributed by atoms with Gasteiger partial charge in [0.05, 0.1) is 24.5 Å². The lowest BCUT2D eigenvalue weighted by Gasteiger charge is -2.22. The van der Waals surface area contributed by atoms with Crippen LogP contribution in [0.4, 0.5) is 0 Å². The number of carbonyl (C=O) groups excluding carboxylic acids is 1. The first-order valence-electron chi connectivity index (χ1n) is 7.12. The van der Waals surface area contributed by atoms with E-state index in [0.717, 1.165) is 25.0 Å². The number of hydrogen-bond acceptors (Lipinski definition) is 5. The maximum absolute atomic E-state index is 12.5. The first-order valence-corrected chi connectivity index (χ1v) is 7.12. The molecule has 3 rings (SSSR count). The van der Waals surface area contributed by atoms with Crippen molar-refractivity contribution in [2.24, 2.45) is 0 Å². The Morgan fingerprint density at radius 3 is 3.00 bits per heavy atom. The van der Waals surface area contributed by atoms with Gasteiger partial charge in [0, 0.05) is 18.9 Å². The second-order valence-electron chi connectivity index (χ2n) is 5.57. The zero-order chi connectivity index (χ0) is 14.1. The van der Waals surface area contributed by atoms with E-state index < -0.39 is 0 Å². The third kappa shape index (κ3) is 2.30. The van der Waals surface area contributed by atoms with E-state index in [0.29, 0.717) is 24.7 Å². The summed E-state index contributed by atoms with van der Waals surface area (Å²) in [7, 11) is 0. The van der Waals surface area contributed by atoms with E-state index in [9.17, 15) is 4.79 Å². The molecule has 108 valence electrons. The van der Waals surface area contributed by atoms with E-state index >= 15 is 0 Å². The maximum Gasteiger partial charge on any atom is 0.253 e. The summed E-state index contributed by atoms with van der Waals surface area (Å²) in [5.41, 5.74) is 0.740. The van der Waals surface area contributed by atoms with Gasteiger partial charge in [0.2, 0.25) is 5.89 Å². The Labute approximate surface area is 117 Å². The van der Waals surface area contributed by atoms with Crippen molar-refractivity contribution < 1.29 is 14.1 Å². The van der Waals surface area contributed by atoms with Crippen molar-refractivity contribution in [3.05, 3.63) is 23.6 Å². The third-order valence-corrected chi connectivity index (χ3v) is 3.75. The quantitative estimate of drug-likeness (QED) is 0.846. The Morgan fingerprint density at radius 1 is 1.50 bits per heavy atom. The van der Waals surface area contributed by atoms with Crippen LogP contribution in [-0.4, -0.2) is 34.1 Å². The van der Waals surface area contributed by atoms with E-state index in [1.165, 1.54) is 0 Å². The highest BCUT2D eigenvalue weighted by Crippen LogP contribution is 2.32. The number of carbonyl (C=O) groups is 1. The molecule has 1 aromatic rings. The fraction of sp³-hybridized carbons (Fsp3) is 0.643. The van der Waals surface area contributed by atoms with Crippen LogP contribution in [0.1, 0.15) is 56.8 Å². The zero-order valence-electron chi connectivity index (χ0n) is 11.8. The molecule has 20 heavy (non-hydrogen) atoms. The lowest BCUT2D eigenvalue weighted by molar-refractivity contribution is -0.128. The summed E-state index contributed by atoms with van der Waals surface area (Å²) < 4.78 is 10.4. The molecular weight excluding hydrogens is 258 g/mol. The molecule has 0 N–H and O–H groups in total. The van der Waals surface area contributed by atoms with Gasteiger partial charge in [-0.05, 0) is 12.8 Å². The van der Waals surface area contributed by atoms with Crippen LogP contribution in [-0.2, 0) is 9.53 Å². The van der Waals surface area contributed by atoms with Crippen LogP contribution in [0.2, 0.25) is 0 Å². The summed E-state index contributed by atoms with van der Waals surface area (Å²) in [6.07, 6.45) is 4.12. The number of aromatic nitrogens is 2. The van der Waals surface area contributed by atoms with Crippen molar-refractivity contribution >= 4 is 5.91 Å². The van der Waals surface area contributed by atoms with Gasteiger partial charge in [-0.2, -0.15) is 4.98 Å². The van der Waals surface area contributed by atoms with Gasteiger partial charge < -0.3 is 14.2 Å². The van der Waals surface area contributed by atoms with Crippen molar-refractivity contribution in [1.29, 1.82) is 0 Å². The molecule has 6 heteroatoms. The van der Waals surface area contributed by atoms with E-state index in [4.69, 9.17) is 9.26 Å². The van der Waals surface area contributed by atoms with Crippen LogP contribution in [0.25, 0.3) is 0 Å². The number of nitrogens with zero attached hydrogens (tertiary/aromatic N) is 3. The topological polar surface area (TPSA) is 68.5 Å². The Kier molecular flexibility index (Phi) is 3.46.